The van der Waals surface area contributed by atoms with E-state index in [2.05, 4.69) is 9.97 Å². The van der Waals surface area contributed by atoms with Gasteiger partial charge in [-0.15, -0.1) is 0 Å². The third-order valence-electron chi connectivity index (χ3n) is 3.75. The Morgan fingerprint density at radius 2 is 1.96 bits per heavy atom. The van der Waals surface area contributed by atoms with E-state index in [9.17, 15) is 18.0 Å². The fraction of sp³-hybridized carbons (Fsp3) is 0.267. The van der Waals surface area contributed by atoms with E-state index in [-0.39, 0.29) is 11.6 Å². The molecule has 0 aliphatic carbocycles. The van der Waals surface area contributed by atoms with Crippen molar-refractivity contribution in [2.75, 3.05) is 18.0 Å². The Morgan fingerprint density at radius 1 is 1.22 bits per heavy atom. The van der Waals surface area contributed by atoms with Crippen molar-refractivity contribution in [3.8, 4) is 0 Å². The summed E-state index contributed by atoms with van der Waals surface area (Å²) in [5.41, 5.74) is -0.172. The zero-order valence-electron chi connectivity index (χ0n) is 11.8. The van der Waals surface area contributed by atoms with Crippen LogP contribution in [0, 0.1) is 0 Å². The molecule has 1 aliphatic heterocycles. The molecule has 1 fully saturated rings. The van der Waals surface area contributed by atoms with Gasteiger partial charge in [0.25, 0.3) is 0 Å². The number of anilines is 1. The van der Waals surface area contributed by atoms with E-state index in [1.807, 2.05) is 4.90 Å². The second-order valence-electron chi connectivity index (χ2n) is 5.29. The number of rotatable bonds is 3. The largest absolute Gasteiger partial charge is 0.476 e. The van der Waals surface area contributed by atoms with Crippen molar-refractivity contribution in [1.29, 1.82) is 0 Å². The number of alkyl halides is 3. The Labute approximate surface area is 129 Å². The standard InChI is InChI=1S/C15H12F3N3O2/c16-15(17,18)11-3-1-2-9(4-11)10-7-21(8-10)13-6-19-12(5-20-13)14(22)23/h1-6,10H,7-8H2,(H,22,23). The van der Waals surface area contributed by atoms with E-state index in [0.717, 1.165) is 12.3 Å². The molecule has 1 saturated heterocycles. The molecule has 0 amide bonds. The highest BCUT2D eigenvalue weighted by molar-refractivity contribution is 5.84. The first-order valence-electron chi connectivity index (χ1n) is 6.82. The highest BCUT2D eigenvalue weighted by Crippen LogP contribution is 2.34. The summed E-state index contributed by atoms with van der Waals surface area (Å²) in [6.45, 7) is 1.03. The van der Waals surface area contributed by atoms with Crippen LogP contribution < -0.4 is 4.90 Å². The summed E-state index contributed by atoms with van der Waals surface area (Å²) in [5, 5.41) is 8.76. The number of carboxylic acid groups (broad SMARTS) is 1. The first-order valence-corrected chi connectivity index (χ1v) is 6.82. The molecule has 1 N–H and O–H groups in total. The summed E-state index contributed by atoms with van der Waals surface area (Å²) in [4.78, 5) is 20.3. The first kappa shape index (κ1) is 15.3. The Kier molecular flexibility index (Phi) is 3.67. The summed E-state index contributed by atoms with van der Waals surface area (Å²) in [7, 11) is 0. The molecule has 1 aromatic heterocycles. The molecule has 0 atom stereocenters. The highest BCUT2D eigenvalue weighted by Gasteiger charge is 2.33. The Bertz CT molecular complexity index is 725. The molecule has 0 radical (unpaired) electrons. The monoisotopic (exact) mass is 323 g/mol. The molecular weight excluding hydrogens is 311 g/mol. The van der Waals surface area contributed by atoms with E-state index >= 15 is 0 Å². The summed E-state index contributed by atoms with van der Waals surface area (Å²) in [6, 6.07) is 5.30. The van der Waals surface area contributed by atoms with Crippen LogP contribution in [0.15, 0.2) is 36.7 Å². The molecule has 3 rings (SSSR count). The third-order valence-corrected chi connectivity index (χ3v) is 3.75. The average Bonchev–Trinajstić information content (AvgIpc) is 2.46. The van der Waals surface area contributed by atoms with E-state index in [1.165, 1.54) is 18.3 Å². The van der Waals surface area contributed by atoms with Gasteiger partial charge in [-0.25, -0.2) is 14.8 Å². The fourth-order valence-electron chi connectivity index (χ4n) is 2.44. The van der Waals surface area contributed by atoms with Crippen molar-refractivity contribution in [1.82, 2.24) is 9.97 Å². The summed E-state index contributed by atoms with van der Waals surface area (Å²) >= 11 is 0. The smallest absolute Gasteiger partial charge is 0.416 e. The van der Waals surface area contributed by atoms with Gasteiger partial charge in [0.1, 0.15) is 5.82 Å². The lowest BCUT2D eigenvalue weighted by Crippen LogP contribution is -2.45. The molecule has 2 heterocycles. The first-order chi connectivity index (χ1) is 10.8. The normalized spacial score (nSPS) is 15.3. The van der Waals surface area contributed by atoms with Crippen LogP contribution in [0.25, 0.3) is 0 Å². The van der Waals surface area contributed by atoms with Crippen molar-refractivity contribution in [2.24, 2.45) is 0 Å². The number of carboxylic acids is 1. The van der Waals surface area contributed by atoms with Gasteiger partial charge in [0.2, 0.25) is 0 Å². The molecule has 23 heavy (non-hydrogen) atoms. The lowest BCUT2D eigenvalue weighted by atomic mass is 9.90. The van der Waals surface area contributed by atoms with Crippen LogP contribution in [-0.4, -0.2) is 34.1 Å². The van der Waals surface area contributed by atoms with Gasteiger partial charge in [-0.2, -0.15) is 13.2 Å². The van der Waals surface area contributed by atoms with Gasteiger partial charge in [-0.3, -0.25) is 0 Å². The summed E-state index contributed by atoms with van der Waals surface area (Å²) < 4.78 is 38.2. The van der Waals surface area contributed by atoms with Crippen LogP contribution in [0.1, 0.15) is 27.5 Å². The minimum atomic E-state index is -4.35. The number of hydrogen-bond acceptors (Lipinski definition) is 4. The number of benzene rings is 1. The van der Waals surface area contributed by atoms with E-state index < -0.39 is 17.7 Å². The second-order valence-corrected chi connectivity index (χ2v) is 5.29. The Hall–Kier alpha value is -2.64. The average molecular weight is 323 g/mol. The summed E-state index contributed by atoms with van der Waals surface area (Å²) in [5.74, 6) is -0.661. The third kappa shape index (κ3) is 3.10. The molecular formula is C15H12F3N3O2. The predicted molar refractivity (Wildman–Crippen MR) is 75.4 cm³/mol. The van der Waals surface area contributed by atoms with Crippen LogP contribution in [0.2, 0.25) is 0 Å². The lowest BCUT2D eigenvalue weighted by molar-refractivity contribution is -0.137. The SMILES string of the molecule is O=C(O)c1cnc(N2CC(c3cccc(C(F)(F)F)c3)C2)cn1. The quantitative estimate of drug-likeness (QED) is 0.941. The summed E-state index contributed by atoms with van der Waals surface area (Å²) in [6.07, 6.45) is -1.83. The predicted octanol–water partition coefficient (Wildman–Crippen LogP) is 2.80. The zero-order chi connectivity index (χ0) is 16.6. The van der Waals surface area contributed by atoms with E-state index in [4.69, 9.17) is 5.11 Å². The molecule has 1 aromatic carbocycles. The van der Waals surface area contributed by atoms with Crippen LogP contribution in [-0.2, 0) is 6.18 Å². The van der Waals surface area contributed by atoms with Crippen molar-refractivity contribution >= 4 is 11.8 Å². The molecule has 1 aliphatic rings. The Morgan fingerprint density at radius 3 is 2.52 bits per heavy atom. The minimum Gasteiger partial charge on any atom is -0.476 e. The van der Waals surface area contributed by atoms with Crippen molar-refractivity contribution in [3.05, 3.63) is 53.5 Å². The van der Waals surface area contributed by atoms with E-state index in [0.29, 0.717) is 24.5 Å². The number of hydrogen-bond donors (Lipinski definition) is 1. The molecule has 120 valence electrons. The molecule has 0 bridgehead atoms. The van der Waals surface area contributed by atoms with Gasteiger partial charge in [-0.05, 0) is 11.6 Å². The van der Waals surface area contributed by atoms with Crippen molar-refractivity contribution in [2.45, 2.75) is 12.1 Å². The number of nitrogens with zero attached hydrogens (tertiary/aromatic N) is 3. The molecule has 0 unspecified atom stereocenters. The van der Waals surface area contributed by atoms with Crippen LogP contribution in [0.5, 0.6) is 0 Å². The van der Waals surface area contributed by atoms with Crippen LogP contribution >= 0.6 is 0 Å². The maximum absolute atomic E-state index is 12.7. The zero-order valence-corrected chi connectivity index (χ0v) is 11.8. The topological polar surface area (TPSA) is 66.3 Å². The molecule has 0 spiro atoms. The maximum atomic E-state index is 12.7. The molecule has 0 saturated carbocycles. The van der Waals surface area contributed by atoms with Gasteiger partial charge >= 0.3 is 12.1 Å². The number of carbonyl (C=O) groups is 1. The second kappa shape index (κ2) is 5.53. The fourth-order valence-corrected chi connectivity index (χ4v) is 2.44. The van der Waals surface area contributed by atoms with Gasteiger partial charge in [0, 0.05) is 19.0 Å². The van der Waals surface area contributed by atoms with Gasteiger partial charge < -0.3 is 10.0 Å². The number of halogens is 3. The maximum Gasteiger partial charge on any atom is 0.416 e. The van der Waals surface area contributed by atoms with Gasteiger partial charge in [0.05, 0.1) is 18.0 Å². The highest BCUT2D eigenvalue weighted by atomic mass is 19.4. The van der Waals surface area contributed by atoms with Crippen LogP contribution in [0.4, 0.5) is 19.0 Å². The van der Waals surface area contributed by atoms with Crippen molar-refractivity contribution < 1.29 is 23.1 Å². The van der Waals surface area contributed by atoms with Gasteiger partial charge in [-0.1, -0.05) is 18.2 Å². The van der Waals surface area contributed by atoms with Gasteiger partial charge in [0.15, 0.2) is 5.69 Å². The molecule has 5 nitrogen and oxygen atoms in total. The van der Waals surface area contributed by atoms with Crippen LogP contribution in [0.3, 0.4) is 0 Å². The van der Waals surface area contributed by atoms with Crippen molar-refractivity contribution in [3.63, 3.8) is 0 Å². The van der Waals surface area contributed by atoms with E-state index in [1.54, 1.807) is 6.07 Å². The Balaban J connectivity index is 1.68. The molecule has 2 aromatic rings. The molecule has 8 heteroatoms. The number of aromatic nitrogens is 2. The number of aromatic carboxylic acids is 1. The lowest BCUT2D eigenvalue weighted by Gasteiger charge is -2.40. The minimum absolute atomic E-state index is 0.0155.